The largest absolute Gasteiger partial charge is 0.339 e. The van der Waals surface area contributed by atoms with E-state index in [0.717, 1.165) is 24.1 Å². The van der Waals surface area contributed by atoms with Crippen molar-refractivity contribution in [3.63, 3.8) is 0 Å². The second-order valence-electron chi connectivity index (χ2n) is 7.14. The predicted octanol–water partition coefficient (Wildman–Crippen LogP) is 1.99. The minimum atomic E-state index is -3.23. The number of carbonyl (C=O) groups is 1. The van der Waals surface area contributed by atoms with Gasteiger partial charge in [0.2, 0.25) is 15.9 Å². The van der Waals surface area contributed by atoms with Crippen LogP contribution in [0.1, 0.15) is 44.2 Å². The van der Waals surface area contributed by atoms with Gasteiger partial charge in [-0.2, -0.15) is 5.10 Å². The van der Waals surface area contributed by atoms with Crippen LogP contribution in [0.25, 0.3) is 5.69 Å². The van der Waals surface area contributed by atoms with Gasteiger partial charge < -0.3 is 4.90 Å². The van der Waals surface area contributed by atoms with E-state index in [1.54, 1.807) is 27.3 Å². The molecule has 1 aromatic carbocycles. The average Bonchev–Trinajstić information content (AvgIpc) is 3.40. The van der Waals surface area contributed by atoms with Crippen LogP contribution in [0.2, 0.25) is 0 Å². The fourth-order valence-corrected chi connectivity index (χ4v) is 4.95. The van der Waals surface area contributed by atoms with E-state index in [1.165, 1.54) is 6.33 Å². The summed E-state index contributed by atoms with van der Waals surface area (Å²) >= 11 is 0. The molecule has 28 heavy (non-hydrogen) atoms. The first-order valence-corrected chi connectivity index (χ1v) is 11.2. The molecule has 152 valence electrons. The Bertz CT molecular complexity index is 875. The standard InChI is InChI=1S/C19H27N5O3S/c1-16(17-7-9-18(10-8-17)24-15-20-14-21-24)22(2)19(25)6-5-13-28(26,27)23-11-3-4-12-23/h7-10,14-16H,3-6,11-13H2,1-2H3. The van der Waals surface area contributed by atoms with Crippen molar-refractivity contribution in [3.05, 3.63) is 42.5 Å². The number of carbonyl (C=O) groups excluding carboxylic acids is 1. The molecule has 1 unspecified atom stereocenters. The Morgan fingerprint density at radius 2 is 1.89 bits per heavy atom. The molecule has 3 rings (SSSR count). The van der Waals surface area contributed by atoms with Crippen molar-refractivity contribution in [1.82, 2.24) is 24.0 Å². The zero-order chi connectivity index (χ0) is 20.1. The molecule has 1 atom stereocenters. The van der Waals surface area contributed by atoms with Crippen molar-refractivity contribution in [2.24, 2.45) is 0 Å². The Morgan fingerprint density at radius 1 is 1.21 bits per heavy atom. The van der Waals surface area contributed by atoms with Gasteiger partial charge in [0.15, 0.2) is 0 Å². The van der Waals surface area contributed by atoms with Gasteiger partial charge in [-0.15, -0.1) is 0 Å². The Balaban J connectivity index is 1.52. The molecule has 8 nitrogen and oxygen atoms in total. The van der Waals surface area contributed by atoms with Gasteiger partial charge in [-0.05, 0) is 43.9 Å². The van der Waals surface area contributed by atoms with E-state index in [9.17, 15) is 13.2 Å². The number of aromatic nitrogens is 3. The van der Waals surface area contributed by atoms with E-state index >= 15 is 0 Å². The maximum absolute atomic E-state index is 12.5. The van der Waals surface area contributed by atoms with Crippen molar-refractivity contribution >= 4 is 15.9 Å². The van der Waals surface area contributed by atoms with Crippen molar-refractivity contribution in [2.45, 2.75) is 38.6 Å². The SMILES string of the molecule is CC(c1ccc(-n2cncn2)cc1)N(C)C(=O)CCCS(=O)(=O)N1CCCC1. The zero-order valence-electron chi connectivity index (χ0n) is 16.4. The molecule has 0 saturated carbocycles. The first-order chi connectivity index (χ1) is 13.4. The molecule has 1 saturated heterocycles. The van der Waals surface area contributed by atoms with Crippen LogP contribution >= 0.6 is 0 Å². The molecule has 2 aromatic rings. The summed E-state index contributed by atoms with van der Waals surface area (Å²) in [5.41, 5.74) is 1.90. The van der Waals surface area contributed by atoms with Crippen LogP contribution in [0.5, 0.6) is 0 Å². The number of benzene rings is 1. The Hall–Kier alpha value is -2.26. The first kappa shape index (κ1) is 20.5. The van der Waals surface area contributed by atoms with Gasteiger partial charge in [0.1, 0.15) is 12.7 Å². The third-order valence-corrected chi connectivity index (χ3v) is 7.24. The van der Waals surface area contributed by atoms with Gasteiger partial charge >= 0.3 is 0 Å². The lowest BCUT2D eigenvalue weighted by atomic mass is 10.1. The van der Waals surface area contributed by atoms with E-state index in [1.807, 2.05) is 31.2 Å². The summed E-state index contributed by atoms with van der Waals surface area (Å²) < 4.78 is 27.7. The summed E-state index contributed by atoms with van der Waals surface area (Å²) in [7, 11) is -1.47. The van der Waals surface area contributed by atoms with Crippen molar-refractivity contribution < 1.29 is 13.2 Å². The Labute approximate surface area is 166 Å². The van der Waals surface area contributed by atoms with Crippen molar-refractivity contribution in [2.75, 3.05) is 25.9 Å². The molecular weight excluding hydrogens is 378 g/mol. The monoisotopic (exact) mass is 405 g/mol. The molecule has 1 amide bonds. The Morgan fingerprint density at radius 3 is 2.50 bits per heavy atom. The van der Waals surface area contributed by atoms with E-state index in [-0.39, 0.29) is 24.1 Å². The van der Waals surface area contributed by atoms with E-state index in [2.05, 4.69) is 10.1 Å². The lowest BCUT2D eigenvalue weighted by Crippen LogP contribution is -2.32. The molecular formula is C19H27N5O3S. The highest BCUT2D eigenvalue weighted by atomic mass is 32.2. The number of hydrogen-bond acceptors (Lipinski definition) is 5. The predicted molar refractivity (Wildman–Crippen MR) is 106 cm³/mol. The third-order valence-electron chi connectivity index (χ3n) is 5.28. The van der Waals surface area contributed by atoms with Gasteiger partial charge in [-0.1, -0.05) is 12.1 Å². The molecule has 9 heteroatoms. The van der Waals surface area contributed by atoms with Gasteiger partial charge in [0, 0.05) is 26.6 Å². The maximum atomic E-state index is 12.5. The molecule has 0 aliphatic carbocycles. The van der Waals surface area contributed by atoms with Crippen LogP contribution in [-0.2, 0) is 14.8 Å². The fraction of sp³-hybridized carbons (Fsp3) is 0.526. The first-order valence-electron chi connectivity index (χ1n) is 9.57. The Kier molecular flexibility index (Phi) is 6.46. The van der Waals surface area contributed by atoms with Crippen LogP contribution < -0.4 is 0 Å². The lowest BCUT2D eigenvalue weighted by molar-refractivity contribution is -0.131. The minimum Gasteiger partial charge on any atom is -0.339 e. The summed E-state index contributed by atoms with van der Waals surface area (Å²) in [4.78, 5) is 18.1. The second kappa shape index (κ2) is 8.83. The van der Waals surface area contributed by atoms with Crippen LogP contribution in [0.15, 0.2) is 36.9 Å². The number of hydrogen-bond donors (Lipinski definition) is 0. The van der Waals surface area contributed by atoms with Crippen LogP contribution in [0, 0.1) is 0 Å². The highest BCUT2D eigenvalue weighted by Gasteiger charge is 2.25. The van der Waals surface area contributed by atoms with E-state index < -0.39 is 10.0 Å². The molecule has 1 aromatic heterocycles. The molecule has 0 spiro atoms. The smallest absolute Gasteiger partial charge is 0.222 e. The molecule has 0 N–H and O–H groups in total. The zero-order valence-corrected chi connectivity index (χ0v) is 17.2. The van der Waals surface area contributed by atoms with Gasteiger partial charge in [-0.25, -0.2) is 22.4 Å². The molecule has 2 heterocycles. The van der Waals surface area contributed by atoms with Crippen molar-refractivity contribution in [3.8, 4) is 5.69 Å². The lowest BCUT2D eigenvalue weighted by Gasteiger charge is -2.26. The molecule has 1 fully saturated rings. The summed E-state index contributed by atoms with van der Waals surface area (Å²) in [6, 6.07) is 7.68. The third kappa shape index (κ3) is 4.77. The molecule has 1 aliphatic rings. The van der Waals surface area contributed by atoms with Gasteiger partial charge in [0.05, 0.1) is 17.5 Å². The summed E-state index contributed by atoms with van der Waals surface area (Å²) in [6.07, 6.45) is 5.53. The van der Waals surface area contributed by atoms with Crippen LogP contribution in [0.3, 0.4) is 0 Å². The highest BCUT2D eigenvalue weighted by Crippen LogP contribution is 2.21. The molecule has 1 aliphatic heterocycles. The normalized spacial score (nSPS) is 16.2. The van der Waals surface area contributed by atoms with Crippen LogP contribution in [-0.4, -0.2) is 64.2 Å². The minimum absolute atomic E-state index is 0.0353. The second-order valence-corrected chi connectivity index (χ2v) is 9.23. The maximum Gasteiger partial charge on any atom is 0.222 e. The summed E-state index contributed by atoms with van der Waals surface area (Å²) in [5, 5.41) is 4.09. The topological polar surface area (TPSA) is 88.4 Å². The number of rotatable bonds is 8. The summed E-state index contributed by atoms with van der Waals surface area (Å²) in [6.45, 7) is 3.18. The van der Waals surface area contributed by atoms with Gasteiger partial charge in [0.25, 0.3) is 0 Å². The highest BCUT2D eigenvalue weighted by molar-refractivity contribution is 7.89. The van der Waals surface area contributed by atoms with Gasteiger partial charge in [-0.3, -0.25) is 4.79 Å². The van der Waals surface area contributed by atoms with E-state index in [4.69, 9.17) is 0 Å². The number of amides is 1. The number of nitrogens with zero attached hydrogens (tertiary/aromatic N) is 5. The van der Waals surface area contributed by atoms with Crippen LogP contribution in [0.4, 0.5) is 0 Å². The molecule has 0 radical (unpaired) electrons. The van der Waals surface area contributed by atoms with E-state index in [0.29, 0.717) is 19.5 Å². The fourth-order valence-electron chi connectivity index (χ4n) is 3.36. The average molecular weight is 406 g/mol. The van der Waals surface area contributed by atoms with Crippen molar-refractivity contribution in [1.29, 1.82) is 0 Å². The quantitative estimate of drug-likeness (QED) is 0.670. The number of sulfonamides is 1. The molecule has 0 bridgehead atoms. The summed E-state index contributed by atoms with van der Waals surface area (Å²) in [5.74, 6) is -0.0161.